The van der Waals surface area contributed by atoms with Crippen LogP contribution in [0, 0.1) is 0 Å². The zero-order valence-corrected chi connectivity index (χ0v) is 17.5. The first-order valence-corrected chi connectivity index (χ1v) is 11.1. The maximum absolute atomic E-state index is 13.7. The molecule has 1 saturated heterocycles. The molecule has 0 unspecified atom stereocenters. The quantitative estimate of drug-likeness (QED) is 0.458. The molecule has 2 aromatic heterocycles. The van der Waals surface area contributed by atoms with Gasteiger partial charge in [-0.25, -0.2) is 0 Å². The van der Waals surface area contributed by atoms with Gasteiger partial charge in [-0.3, -0.25) is 5.10 Å². The summed E-state index contributed by atoms with van der Waals surface area (Å²) in [6, 6.07) is 12.8. The third-order valence-electron chi connectivity index (χ3n) is 5.09. The van der Waals surface area contributed by atoms with Crippen molar-refractivity contribution in [2.45, 2.75) is 6.18 Å². The van der Waals surface area contributed by atoms with Crippen molar-refractivity contribution in [1.82, 2.24) is 25.1 Å². The number of thioether (sulfide) groups is 1. The molecule has 0 spiro atoms. The number of halogens is 3. The number of alkyl halides is 3. The van der Waals surface area contributed by atoms with E-state index in [1.54, 1.807) is 6.07 Å². The van der Waals surface area contributed by atoms with Crippen LogP contribution in [-0.2, 0) is 6.18 Å². The van der Waals surface area contributed by atoms with E-state index in [0.717, 1.165) is 28.5 Å². The Morgan fingerprint density at radius 2 is 1.69 bits per heavy atom. The largest absolute Gasteiger partial charge is 0.417 e. The second-order valence-electron chi connectivity index (χ2n) is 7.17. The summed E-state index contributed by atoms with van der Waals surface area (Å²) in [4.78, 5) is 15.2. The number of nitrogens with one attached hydrogen (secondary N) is 2. The zero-order valence-electron chi connectivity index (χ0n) is 16.7. The fourth-order valence-electron chi connectivity index (χ4n) is 3.54. The van der Waals surface area contributed by atoms with Crippen LogP contribution in [0.5, 0.6) is 0 Å². The maximum Gasteiger partial charge on any atom is 0.417 e. The minimum Gasteiger partial charge on any atom is -0.339 e. The maximum atomic E-state index is 13.7. The van der Waals surface area contributed by atoms with Crippen molar-refractivity contribution in [2.75, 3.05) is 34.8 Å². The number of hydrogen-bond acceptors (Lipinski definition) is 7. The van der Waals surface area contributed by atoms with Crippen LogP contribution < -0.4 is 10.2 Å². The highest BCUT2D eigenvalue weighted by Crippen LogP contribution is 2.36. The molecule has 32 heavy (non-hydrogen) atoms. The molecule has 5 rings (SSSR count). The Labute approximate surface area is 185 Å². The lowest BCUT2D eigenvalue weighted by atomic mass is 10.1. The van der Waals surface area contributed by atoms with Gasteiger partial charge in [-0.05, 0) is 18.2 Å². The topological polar surface area (TPSA) is 82.6 Å². The smallest absolute Gasteiger partial charge is 0.339 e. The molecule has 4 aromatic rings. The van der Waals surface area contributed by atoms with Crippen LogP contribution in [0.3, 0.4) is 0 Å². The number of anilines is 3. The Bertz CT molecular complexity index is 1250. The van der Waals surface area contributed by atoms with Gasteiger partial charge in [0.05, 0.1) is 11.1 Å². The van der Waals surface area contributed by atoms with Crippen molar-refractivity contribution in [3.8, 4) is 11.4 Å². The van der Waals surface area contributed by atoms with E-state index in [1.165, 1.54) is 12.1 Å². The number of rotatable bonds is 4. The average Bonchev–Trinajstić information content (AvgIpc) is 3.22. The van der Waals surface area contributed by atoms with E-state index in [9.17, 15) is 13.2 Å². The van der Waals surface area contributed by atoms with Gasteiger partial charge in [-0.15, -0.1) is 0 Å². The molecule has 1 aliphatic heterocycles. The van der Waals surface area contributed by atoms with Gasteiger partial charge >= 0.3 is 6.18 Å². The summed E-state index contributed by atoms with van der Waals surface area (Å²) in [6.45, 7) is 1.42. The molecule has 7 nitrogen and oxygen atoms in total. The molecule has 0 amide bonds. The minimum absolute atomic E-state index is 0.0384. The lowest BCUT2D eigenvalue weighted by Crippen LogP contribution is -2.34. The van der Waals surface area contributed by atoms with Crippen LogP contribution >= 0.6 is 11.8 Å². The highest BCUT2D eigenvalue weighted by Gasteiger charge is 2.34. The molecule has 1 aliphatic rings. The van der Waals surface area contributed by atoms with Crippen LogP contribution in [0.4, 0.5) is 30.9 Å². The van der Waals surface area contributed by atoms with E-state index < -0.39 is 11.7 Å². The predicted molar refractivity (Wildman–Crippen MR) is 119 cm³/mol. The Kier molecular flexibility index (Phi) is 5.33. The number of aromatic amines is 1. The number of nitrogens with zero attached hydrogens (tertiary/aromatic N) is 5. The van der Waals surface area contributed by atoms with E-state index in [-0.39, 0.29) is 17.3 Å². The molecule has 0 bridgehead atoms. The van der Waals surface area contributed by atoms with E-state index in [0.29, 0.717) is 24.9 Å². The number of benzene rings is 2. The molecule has 0 saturated carbocycles. The van der Waals surface area contributed by atoms with Crippen molar-refractivity contribution < 1.29 is 13.2 Å². The SMILES string of the molecule is FC(F)(F)c1ccccc1-c1nc(Nc2n[nH]c3ccccc23)nc(N2CCSCC2)n1. The molecule has 11 heteroatoms. The van der Waals surface area contributed by atoms with Crippen LogP contribution in [-0.4, -0.2) is 49.7 Å². The lowest BCUT2D eigenvalue weighted by Gasteiger charge is -2.26. The second-order valence-corrected chi connectivity index (χ2v) is 8.39. The van der Waals surface area contributed by atoms with Crippen molar-refractivity contribution in [2.24, 2.45) is 0 Å². The normalized spacial score (nSPS) is 14.7. The molecular weight excluding hydrogens is 439 g/mol. The Morgan fingerprint density at radius 1 is 0.938 bits per heavy atom. The Hall–Kier alpha value is -3.34. The number of hydrogen-bond donors (Lipinski definition) is 2. The van der Waals surface area contributed by atoms with Crippen LogP contribution in [0.2, 0.25) is 0 Å². The molecular formula is C21H18F3N7S. The van der Waals surface area contributed by atoms with Crippen LogP contribution in [0.25, 0.3) is 22.3 Å². The summed E-state index contributed by atoms with van der Waals surface area (Å²) in [5, 5.41) is 11.1. The third-order valence-corrected chi connectivity index (χ3v) is 6.03. The number of aromatic nitrogens is 5. The molecule has 0 radical (unpaired) electrons. The van der Waals surface area contributed by atoms with E-state index >= 15 is 0 Å². The van der Waals surface area contributed by atoms with Crippen LogP contribution in [0.15, 0.2) is 48.5 Å². The zero-order chi connectivity index (χ0) is 22.1. The van der Waals surface area contributed by atoms with Gasteiger partial charge in [0, 0.05) is 35.5 Å². The van der Waals surface area contributed by atoms with Gasteiger partial charge in [0.15, 0.2) is 11.6 Å². The first-order chi connectivity index (χ1) is 15.5. The summed E-state index contributed by atoms with van der Waals surface area (Å²) in [7, 11) is 0. The minimum atomic E-state index is -4.53. The highest BCUT2D eigenvalue weighted by atomic mass is 32.2. The third kappa shape index (κ3) is 4.07. The Balaban J connectivity index is 1.61. The van der Waals surface area contributed by atoms with E-state index in [4.69, 9.17) is 0 Å². The standard InChI is InChI=1S/C21H18F3N7S/c22-21(23,24)15-7-3-1-5-13(15)17-25-19(28-20(27-17)31-9-11-32-12-10-31)26-18-14-6-2-4-8-16(14)29-30-18/h1-8H,9-12H2,(H2,25,26,27,28,29,30). The lowest BCUT2D eigenvalue weighted by molar-refractivity contribution is -0.137. The van der Waals surface area contributed by atoms with Crippen molar-refractivity contribution in [1.29, 1.82) is 0 Å². The Morgan fingerprint density at radius 3 is 2.50 bits per heavy atom. The van der Waals surface area contributed by atoms with Gasteiger partial charge in [0.2, 0.25) is 11.9 Å². The van der Waals surface area contributed by atoms with Crippen molar-refractivity contribution in [3.05, 3.63) is 54.1 Å². The molecule has 0 aliphatic carbocycles. The first kappa shape index (κ1) is 20.6. The van der Waals surface area contributed by atoms with E-state index in [1.807, 2.05) is 40.9 Å². The summed E-state index contributed by atoms with van der Waals surface area (Å²) in [6.07, 6.45) is -4.53. The number of para-hydroxylation sites is 1. The fraction of sp³-hybridized carbons (Fsp3) is 0.238. The summed E-state index contributed by atoms with van der Waals surface area (Å²) < 4.78 is 41.0. The summed E-state index contributed by atoms with van der Waals surface area (Å²) in [5.74, 6) is 2.72. The van der Waals surface area contributed by atoms with Gasteiger partial charge in [0.1, 0.15) is 0 Å². The fourth-order valence-corrected chi connectivity index (χ4v) is 4.44. The molecule has 2 N–H and O–H groups in total. The van der Waals surface area contributed by atoms with Gasteiger partial charge in [-0.1, -0.05) is 30.3 Å². The summed E-state index contributed by atoms with van der Waals surface area (Å²) >= 11 is 1.82. The molecule has 164 valence electrons. The second kappa shape index (κ2) is 8.30. The van der Waals surface area contributed by atoms with Gasteiger partial charge in [0.25, 0.3) is 0 Å². The summed E-state index contributed by atoms with van der Waals surface area (Å²) in [5.41, 5.74) is -0.0625. The predicted octanol–water partition coefficient (Wildman–Crippen LogP) is 4.73. The van der Waals surface area contributed by atoms with Gasteiger partial charge < -0.3 is 10.2 Å². The molecule has 1 fully saturated rings. The van der Waals surface area contributed by atoms with E-state index in [2.05, 4.69) is 30.5 Å². The van der Waals surface area contributed by atoms with Crippen LogP contribution in [0.1, 0.15) is 5.56 Å². The molecule has 0 atom stereocenters. The highest BCUT2D eigenvalue weighted by molar-refractivity contribution is 7.99. The van der Waals surface area contributed by atoms with Gasteiger partial charge in [-0.2, -0.15) is 45.0 Å². The average molecular weight is 457 g/mol. The first-order valence-electron chi connectivity index (χ1n) is 9.94. The van der Waals surface area contributed by atoms with Crippen molar-refractivity contribution >= 4 is 40.4 Å². The molecule has 2 aromatic carbocycles. The number of fused-ring (bicyclic) bond motifs is 1. The monoisotopic (exact) mass is 457 g/mol. The molecule has 3 heterocycles. The number of H-pyrrole nitrogens is 1. The van der Waals surface area contributed by atoms with Crippen molar-refractivity contribution in [3.63, 3.8) is 0 Å².